The second-order valence-electron chi connectivity index (χ2n) is 7.87. The Morgan fingerprint density at radius 2 is 0.830 bits per heavy atom. The van der Waals surface area contributed by atoms with Crippen molar-refractivity contribution in [3.63, 3.8) is 0 Å². The van der Waals surface area contributed by atoms with E-state index in [9.17, 15) is 64.8 Å². The quantitative estimate of drug-likeness (QED) is 0.0861. The zero-order valence-corrected chi connectivity index (χ0v) is 27.7. The van der Waals surface area contributed by atoms with E-state index in [2.05, 4.69) is 37.4 Å². The van der Waals surface area contributed by atoms with Crippen LogP contribution >= 0.6 is 0 Å². The number of benzene rings is 2. The van der Waals surface area contributed by atoms with Crippen molar-refractivity contribution in [1.82, 2.24) is 0 Å². The Morgan fingerprint density at radius 3 is 1.06 bits per heavy atom. The van der Waals surface area contributed by atoms with E-state index in [1.165, 1.54) is 19.7 Å². The Bertz CT molecular complexity index is 1480. The summed E-state index contributed by atoms with van der Waals surface area (Å²) in [5.74, 6) is 1.71. The van der Waals surface area contributed by atoms with Gasteiger partial charge in [0.2, 0.25) is 0 Å². The molecular formula is C24H22F9IO10S3. The van der Waals surface area contributed by atoms with Crippen LogP contribution in [0.1, 0.15) is 0 Å². The van der Waals surface area contributed by atoms with Crippen LogP contribution in [-0.4, -0.2) is 68.2 Å². The number of sulfone groups is 3. The first-order chi connectivity index (χ1) is 21.4. The van der Waals surface area contributed by atoms with Crippen molar-refractivity contribution >= 4 is 29.5 Å². The Kier molecular flexibility index (Phi) is 15.2. The number of alkyl halides is 9. The molecule has 23 heteroatoms. The van der Waals surface area contributed by atoms with Crippen molar-refractivity contribution in [2.45, 2.75) is 16.5 Å². The average molecular weight is 865 g/mol. The highest BCUT2D eigenvalue weighted by molar-refractivity contribution is 8.29. The van der Waals surface area contributed by atoms with Crippen LogP contribution in [0.2, 0.25) is 0 Å². The summed E-state index contributed by atoms with van der Waals surface area (Å²) in [6.45, 7) is 9.03. The molecule has 0 fully saturated rings. The average Bonchev–Trinajstić information content (AvgIpc) is 2.93. The molecule has 47 heavy (non-hydrogen) atoms. The second-order valence-corrected chi connectivity index (χ2v) is 17.3. The van der Waals surface area contributed by atoms with Crippen LogP contribution in [-0.2, 0) is 39.0 Å². The Hall–Kier alpha value is -2.93. The van der Waals surface area contributed by atoms with Crippen molar-refractivity contribution in [2.75, 3.05) is 26.4 Å². The van der Waals surface area contributed by atoms with E-state index < -0.39 is 50.0 Å². The molecule has 0 heterocycles. The van der Waals surface area contributed by atoms with Gasteiger partial charge in [-0.25, -0.2) is 0 Å². The molecule has 0 aromatic heterocycles. The predicted octanol–water partition coefficient (Wildman–Crippen LogP) is 2.13. The first-order valence-electron chi connectivity index (χ1n) is 11.8. The molecule has 0 spiro atoms. The summed E-state index contributed by atoms with van der Waals surface area (Å²) in [6, 6.07) is 16.5. The van der Waals surface area contributed by atoms with E-state index in [1.54, 1.807) is 0 Å². The summed E-state index contributed by atoms with van der Waals surface area (Å²) in [5.41, 5.74) is -21.2. The normalized spacial score (nSPS) is 12.8. The topological polar surface area (TPSA) is 139 Å². The van der Waals surface area contributed by atoms with E-state index in [4.69, 9.17) is 18.9 Å². The van der Waals surface area contributed by atoms with Gasteiger partial charge < -0.3 is 18.9 Å². The monoisotopic (exact) mass is 864 g/mol. The number of ether oxygens (including phenoxy) is 4. The zero-order chi connectivity index (χ0) is 36.3. The van der Waals surface area contributed by atoms with Crippen LogP contribution in [0.5, 0.6) is 11.5 Å². The fraction of sp³-hybridized carbons (Fsp3) is 0.292. The number of hydrogen-bond acceptors (Lipinski definition) is 10. The van der Waals surface area contributed by atoms with E-state index in [-0.39, 0.29) is 21.2 Å². The predicted molar refractivity (Wildman–Crippen MR) is 142 cm³/mol. The lowest BCUT2D eigenvalue weighted by Gasteiger charge is -2.31. The van der Waals surface area contributed by atoms with Crippen LogP contribution in [0.4, 0.5) is 39.5 Å². The summed E-state index contributed by atoms with van der Waals surface area (Å²) in [4.78, 5) is 0. The highest BCUT2D eigenvalue weighted by Crippen LogP contribution is 2.47. The van der Waals surface area contributed by atoms with E-state index in [0.29, 0.717) is 26.4 Å². The first kappa shape index (κ1) is 42.1. The lowest BCUT2D eigenvalue weighted by atomic mass is 10.3. The van der Waals surface area contributed by atoms with Crippen LogP contribution in [0.25, 0.3) is 0 Å². The van der Waals surface area contributed by atoms with E-state index in [0.717, 1.165) is 11.5 Å². The third kappa shape index (κ3) is 11.9. The maximum Gasteiger partial charge on any atom is 0.470 e. The Balaban J connectivity index is 0.000000475. The molecule has 2 rings (SSSR count). The molecule has 0 aliphatic rings. The van der Waals surface area contributed by atoms with Gasteiger partial charge in [-0.05, 0) is 48.5 Å². The largest absolute Gasteiger partial charge is 0.498 e. The maximum absolute atomic E-state index is 12.0. The van der Waals surface area contributed by atoms with Crippen molar-refractivity contribution in [2.24, 2.45) is 0 Å². The van der Waals surface area contributed by atoms with Crippen molar-refractivity contribution in [3.05, 3.63) is 85.3 Å². The van der Waals surface area contributed by atoms with Crippen LogP contribution in [0, 0.1) is 11.1 Å². The Morgan fingerprint density at radius 1 is 0.553 bits per heavy atom. The van der Waals surface area contributed by atoms with Gasteiger partial charge in [0.1, 0.15) is 37.9 Å². The number of halogens is 10. The van der Waals surface area contributed by atoms with Gasteiger partial charge in [0.25, 0.3) is 0 Å². The van der Waals surface area contributed by atoms with Crippen molar-refractivity contribution in [3.8, 4) is 11.5 Å². The molecule has 0 radical (unpaired) electrons. The van der Waals surface area contributed by atoms with Gasteiger partial charge in [0.05, 0.1) is 16.4 Å². The van der Waals surface area contributed by atoms with Gasteiger partial charge in [0, 0.05) is 0 Å². The fourth-order valence-electron chi connectivity index (χ4n) is 2.61. The molecule has 2 aromatic carbocycles. The molecule has 2 aromatic rings. The number of hydrogen-bond donors (Lipinski definition) is 0. The van der Waals surface area contributed by atoms with Crippen LogP contribution in [0.3, 0.4) is 0 Å². The molecule has 0 amide bonds. The van der Waals surface area contributed by atoms with Gasteiger partial charge in [-0.3, -0.25) is 25.3 Å². The number of rotatable bonds is 15. The smallest absolute Gasteiger partial charge is 0.470 e. The highest BCUT2D eigenvalue weighted by Gasteiger charge is 2.63. The first-order valence-corrected chi connectivity index (χ1v) is 18.4. The minimum Gasteiger partial charge on any atom is -0.498 e. The molecule has 0 N–H and O–H groups in total. The lowest BCUT2D eigenvalue weighted by Crippen LogP contribution is -3.61. The molecule has 10 nitrogen and oxygen atoms in total. The van der Waals surface area contributed by atoms with Crippen molar-refractivity contribution < 1.29 is 105 Å². The van der Waals surface area contributed by atoms with Gasteiger partial charge in [0.15, 0.2) is 36.7 Å². The van der Waals surface area contributed by atoms with Gasteiger partial charge in [-0.1, -0.05) is 13.2 Å². The summed E-state index contributed by atoms with van der Waals surface area (Å²) < 4.78 is 191. The molecule has 0 aliphatic carbocycles. The second kappa shape index (κ2) is 16.9. The van der Waals surface area contributed by atoms with E-state index in [1.807, 2.05) is 24.3 Å². The molecule has 0 saturated heterocycles. The van der Waals surface area contributed by atoms with Crippen LogP contribution < -0.4 is 30.7 Å². The minimum absolute atomic E-state index is 0.223. The SMILES string of the molecule is C=COCCOc1ccc([I+]c2ccc(OCCOC=C)cc2)cc1.O=S(=O)([C-](S(=O)(=O)C(F)(F)F)S(=O)(=O)C(F)(F)F)C(F)(F)F. The molecule has 0 unspecified atom stereocenters. The third-order valence-corrected chi connectivity index (χ3v) is 14.4. The fourth-order valence-corrected chi connectivity index (χ4v) is 10.5. The minimum atomic E-state index is -8.02. The zero-order valence-electron chi connectivity index (χ0n) is 23.1. The van der Waals surface area contributed by atoms with Crippen LogP contribution in [0.15, 0.2) is 74.2 Å². The molecule has 0 atom stereocenters. The lowest BCUT2D eigenvalue weighted by molar-refractivity contribution is -0.597. The van der Waals surface area contributed by atoms with Gasteiger partial charge >= 0.3 is 37.7 Å². The molecular weight excluding hydrogens is 842 g/mol. The summed E-state index contributed by atoms with van der Waals surface area (Å²) >= 11 is -0.223. The maximum atomic E-state index is 12.0. The van der Waals surface area contributed by atoms with E-state index >= 15 is 0 Å². The highest BCUT2D eigenvalue weighted by atomic mass is 127. The molecule has 266 valence electrons. The standard InChI is InChI=1S/C20H22IO4.C4F9O6S3/c1-3-22-13-15-24-19-9-5-17(6-10-19)21-18-7-11-20(12-8-18)25-16-14-23-4-2;5-2(6,7)20(14,15)1(21(16,17)3(8,9)10)22(18,19)4(11,12)13/h3-12H,1-2,13-16H2;/q+1;-1. The Labute approximate surface area is 273 Å². The molecule has 0 saturated carbocycles. The van der Waals surface area contributed by atoms with Gasteiger partial charge in [-0.2, -0.15) is 39.5 Å². The summed E-state index contributed by atoms with van der Waals surface area (Å²) in [7, 11) is -24.1. The van der Waals surface area contributed by atoms with Gasteiger partial charge in [-0.15, -0.1) is 0 Å². The third-order valence-electron chi connectivity index (χ3n) is 4.59. The van der Waals surface area contributed by atoms with Crippen molar-refractivity contribution in [1.29, 1.82) is 0 Å². The summed E-state index contributed by atoms with van der Waals surface area (Å²) in [5, 5.41) is 0. The molecule has 0 aliphatic heterocycles. The molecule has 0 bridgehead atoms. The summed E-state index contributed by atoms with van der Waals surface area (Å²) in [6.07, 6.45) is 2.84.